The minimum atomic E-state index is -0.172. The van der Waals surface area contributed by atoms with Crippen molar-refractivity contribution in [1.82, 2.24) is 19.7 Å². The molecule has 152 valence electrons. The number of H-pyrrole nitrogens is 1. The van der Waals surface area contributed by atoms with Crippen molar-refractivity contribution < 1.29 is 4.79 Å². The Kier molecular flexibility index (Phi) is 5.68. The maximum atomic E-state index is 12.4. The van der Waals surface area contributed by atoms with Crippen LogP contribution in [0.25, 0.3) is 5.95 Å². The fourth-order valence-electron chi connectivity index (χ4n) is 3.48. The molecule has 0 aliphatic heterocycles. The molecule has 0 aliphatic carbocycles. The molecule has 0 bridgehead atoms. The minimum Gasteiger partial charge on any atom is -0.326 e. The number of carbonyl (C=O) groups is 1. The van der Waals surface area contributed by atoms with E-state index in [0.29, 0.717) is 30.0 Å². The highest BCUT2D eigenvalue weighted by molar-refractivity contribution is 5.91. The summed E-state index contributed by atoms with van der Waals surface area (Å²) in [6.45, 7) is 11.4. The fourth-order valence-corrected chi connectivity index (χ4v) is 3.48. The van der Waals surface area contributed by atoms with Crippen molar-refractivity contribution in [1.29, 1.82) is 0 Å². The predicted molar refractivity (Wildman–Crippen MR) is 114 cm³/mol. The number of hydrogen-bond acceptors (Lipinski definition) is 4. The van der Waals surface area contributed by atoms with Crippen LogP contribution < -0.4 is 10.9 Å². The zero-order valence-electron chi connectivity index (χ0n) is 17.8. The van der Waals surface area contributed by atoms with Crippen LogP contribution in [0.5, 0.6) is 0 Å². The van der Waals surface area contributed by atoms with Gasteiger partial charge in [0.05, 0.1) is 5.69 Å². The van der Waals surface area contributed by atoms with E-state index in [2.05, 4.69) is 26.4 Å². The van der Waals surface area contributed by atoms with Crippen LogP contribution in [-0.4, -0.2) is 25.7 Å². The van der Waals surface area contributed by atoms with E-state index in [1.54, 1.807) is 18.5 Å². The molecular formula is C22H27N5O2. The molecule has 0 spiro atoms. The number of carbonyl (C=O) groups excluding carboxylic acids is 1. The van der Waals surface area contributed by atoms with Gasteiger partial charge in [-0.15, -0.1) is 0 Å². The first-order valence-corrected chi connectivity index (χ1v) is 9.67. The van der Waals surface area contributed by atoms with Gasteiger partial charge in [0.15, 0.2) is 0 Å². The van der Waals surface area contributed by atoms with Crippen molar-refractivity contribution in [3.63, 3.8) is 0 Å². The third-order valence-electron chi connectivity index (χ3n) is 5.13. The molecule has 1 aromatic carbocycles. The SMILES string of the molecule is Cc1cc(C)cc(NC(=O)CCc2c(C)nn(-c3nc(C)c(C)c(=O)[nH]3)c2C)c1. The summed E-state index contributed by atoms with van der Waals surface area (Å²) in [6.07, 6.45) is 0.903. The van der Waals surface area contributed by atoms with E-state index in [1.165, 1.54) is 0 Å². The highest BCUT2D eigenvalue weighted by Gasteiger charge is 2.16. The number of aromatic nitrogens is 4. The van der Waals surface area contributed by atoms with Crippen LogP contribution in [0.15, 0.2) is 23.0 Å². The lowest BCUT2D eigenvalue weighted by molar-refractivity contribution is -0.116. The number of anilines is 1. The van der Waals surface area contributed by atoms with Gasteiger partial charge in [-0.05, 0) is 76.8 Å². The molecule has 0 radical (unpaired) electrons. The molecule has 2 aromatic heterocycles. The van der Waals surface area contributed by atoms with Crippen molar-refractivity contribution in [2.45, 2.75) is 54.4 Å². The summed E-state index contributed by atoms with van der Waals surface area (Å²) >= 11 is 0. The summed E-state index contributed by atoms with van der Waals surface area (Å²) < 4.78 is 1.64. The van der Waals surface area contributed by atoms with Gasteiger partial charge in [0.2, 0.25) is 11.9 Å². The highest BCUT2D eigenvalue weighted by Crippen LogP contribution is 2.19. The molecule has 0 aliphatic rings. The summed E-state index contributed by atoms with van der Waals surface area (Å²) in [4.78, 5) is 31.7. The van der Waals surface area contributed by atoms with Crippen molar-refractivity contribution in [3.05, 3.63) is 67.9 Å². The molecule has 2 N–H and O–H groups in total. The average molecular weight is 393 g/mol. The molecule has 3 aromatic rings. The zero-order valence-corrected chi connectivity index (χ0v) is 17.8. The van der Waals surface area contributed by atoms with E-state index in [-0.39, 0.29) is 11.5 Å². The second-order valence-corrected chi connectivity index (χ2v) is 7.59. The zero-order chi connectivity index (χ0) is 21.3. The molecule has 1 amide bonds. The standard InChI is InChI=1S/C22H27N5O2/c1-12-9-13(2)11-18(10-12)24-20(28)8-7-19-16(5)26-27(17(19)6)22-23-15(4)14(3)21(29)25-22/h9-11H,7-8H2,1-6H3,(H,24,28)(H,23,25,29). The van der Waals surface area contributed by atoms with Gasteiger partial charge in [-0.1, -0.05) is 6.07 Å². The first-order chi connectivity index (χ1) is 13.7. The van der Waals surface area contributed by atoms with Gasteiger partial charge in [-0.3, -0.25) is 14.6 Å². The number of aromatic amines is 1. The van der Waals surface area contributed by atoms with Crippen LogP contribution in [-0.2, 0) is 11.2 Å². The van der Waals surface area contributed by atoms with Gasteiger partial charge in [0.1, 0.15) is 0 Å². The van der Waals surface area contributed by atoms with Crippen molar-refractivity contribution in [2.24, 2.45) is 0 Å². The molecule has 7 heteroatoms. The second kappa shape index (κ2) is 8.03. The van der Waals surface area contributed by atoms with E-state index < -0.39 is 0 Å². The Balaban J connectivity index is 1.77. The Hall–Kier alpha value is -3.22. The van der Waals surface area contributed by atoms with Crippen LogP contribution in [0.3, 0.4) is 0 Å². The van der Waals surface area contributed by atoms with Crippen molar-refractivity contribution in [3.8, 4) is 5.95 Å². The maximum Gasteiger partial charge on any atom is 0.255 e. The minimum absolute atomic E-state index is 0.0423. The molecule has 0 atom stereocenters. The largest absolute Gasteiger partial charge is 0.326 e. The number of rotatable bonds is 5. The molecule has 7 nitrogen and oxygen atoms in total. The molecule has 0 unspecified atom stereocenters. The van der Waals surface area contributed by atoms with E-state index >= 15 is 0 Å². The lowest BCUT2D eigenvalue weighted by Crippen LogP contribution is -2.18. The number of benzene rings is 1. The van der Waals surface area contributed by atoms with E-state index in [1.807, 2.05) is 39.8 Å². The maximum absolute atomic E-state index is 12.4. The Morgan fingerprint density at radius 2 is 1.69 bits per heavy atom. The van der Waals surface area contributed by atoms with Gasteiger partial charge in [-0.25, -0.2) is 9.67 Å². The summed E-state index contributed by atoms with van der Waals surface area (Å²) in [7, 11) is 0. The monoisotopic (exact) mass is 393 g/mol. The summed E-state index contributed by atoms with van der Waals surface area (Å²) in [5.74, 6) is 0.351. The number of aryl methyl sites for hydroxylation is 4. The van der Waals surface area contributed by atoms with Crippen LogP contribution >= 0.6 is 0 Å². The molecule has 0 saturated carbocycles. The van der Waals surface area contributed by atoms with Crippen LogP contribution in [0.1, 0.15) is 45.8 Å². The number of amides is 1. The Morgan fingerprint density at radius 3 is 2.31 bits per heavy atom. The van der Waals surface area contributed by atoms with Gasteiger partial charge in [-0.2, -0.15) is 5.10 Å². The van der Waals surface area contributed by atoms with Gasteiger partial charge in [0, 0.05) is 29.1 Å². The quantitative estimate of drug-likeness (QED) is 0.695. The lowest BCUT2D eigenvalue weighted by atomic mass is 10.1. The van der Waals surface area contributed by atoms with Gasteiger partial charge in [0.25, 0.3) is 5.56 Å². The van der Waals surface area contributed by atoms with Gasteiger partial charge >= 0.3 is 0 Å². The fraction of sp³-hybridized carbons (Fsp3) is 0.364. The predicted octanol–water partition coefficient (Wildman–Crippen LogP) is 3.38. The summed E-state index contributed by atoms with van der Waals surface area (Å²) in [5, 5.41) is 7.50. The first-order valence-electron chi connectivity index (χ1n) is 9.67. The normalized spacial score (nSPS) is 11.0. The third kappa shape index (κ3) is 4.45. The van der Waals surface area contributed by atoms with E-state index in [0.717, 1.165) is 33.8 Å². The lowest BCUT2D eigenvalue weighted by Gasteiger charge is -2.08. The Morgan fingerprint density at radius 1 is 1.03 bits per heavy atom. The molecule has 3 rings (SSSR count). The van der Waals surface area contributed by atoms with Crippen molar-refractivity contribution >= 4 is 11.6 Å². The van der Waals surface area contributed by atoms with E-state index in [9.17, 15) is 9.59 Å². The third-order valence-corrected chi connectivity index (χ3v) is 5.13. The molecular weight excluding hydrogens is 366 g/mol. The van der Waals surface area contributed by atoms with Crippen LogP contribution in [0, 0.1) is 41.5 Å². The number of nitrogens with zero attached hydrogens (tertiary/aromatic N) is 3. The van der Waals surface area contributed by atoms with Crippen molar-refractivity contribution in [2.75, 3.05) is 5.32 Å². The van der Waals surface area contributed by atoms with Crippen LogP contribution in [0.4, 0.5) is 5.69 Å². The summed E-state index contributed by atoms with van der Waals surface area (Å²) in [6, 6.07) is 5.99. The average Bonchev–Trinajstić information content (AvgIpc) is 2.90. The second-order valence-electron chi connectivity index (χ2n) is 7.59. The van der Waals surface area contributed by atoms with Gasteiger partial charge < -0.3 is 5.32 Å². The molecule has 0 fully saturated rings. The Bertz CT molecular complexity index is 1120. The molecule has 29 heavy (non-hydrogen) atoms. The number of hydrogen-bond donors (Lipinski definition) is 2. The first kappa shape index (κ1) is 20.5. The topological polar surface area (TPSA) is 92.7 Å². The highest BCUT2D eigenvalue weighted by atomic mass is 16.1. The Labute approximate surface area is 170 Å². The van der Waals surface area contributed by atoms with Crippen LogP contribution in [0.2, 0.25) is 0 Å². The smallest absolute Gasteiger partial charge is 0.255 e. The summed E-state index contributed by atoms with van der Waals surface area (Å²) in [5.41, 5.74) is 6.82. The molecule has 2 heterocycles. The number of nitrogens with one attached hydrogen (secondary N) is 2. The molecule has 0 saturated heterocycles. The van der Waals surface area contributed by atoms with E-state index in [4.69, 9.17) is 0 Å².